The zero-order valence-corrected chi connectivity index (χ0v) is 6.98. The van der Waals surface area contributed by atoms with Gasteiger partial charge in [-0.1, -0.05) is 6.08 Å². The molecule has 0 saturated carbocycles. The highest BCUT2D eigenvalue weighted by Crippen LogP contribution is 2.00. The van der Waals surface area contributed by atoms with Gasteiger partial charge in [0.2, 0.25) is 0 Å². The van der Waals surface area contributed by atoms with Gasteiger partial charge in [-0.3, -0.25) is 0 Å². The lowest BCUT2D eigenvalue weighted by molar-refractivity contribution is 0.538. The van der Waals surface area contributed by atoms with Gasteiger partial charge >= 0.3 is 10.2 Å². The Labute approximate surface area is 66.3 Å². The summed E-state index contributed by atoms with van der Waals surface area (Å²) in [5.74, 6) is -0.596. The van der Waals surface area contributed by atoms with Crippen molar-refractivity contribution in [2.45, 2.75) is 18.9 Å². The second-order valence-electron chi connectivity index (χ2n) is 2.33. The van der Waals surface area contributed by atoms with Gasteiger partial charge in [-0.15, -0.1) is 10.5 Å². The van der Waals surface area contributed by atoms with Crippen LogP contribution in [0.2, 0.25) is 0 Å². The number of nitrogens with two attached hydrogens (primary N) is 1. The van der Waals surface area contributed by atoms with Crippen LogP contribution in [0.4, 0.5) is 3.89 Å². The van der Waals surface area contributed by atoms with Gasteiger partial charge in [0.05, 0.1) is 5.75 Å². The van der Waals surface area contributed by atoms with Gasteiger partial charge in [0.25, 0.3) is 0 Å². The van der Waals surface area contributed by atoms with Crippen molar-refractivity contribution in [1.82, 2.24) is 0 Å². The fraction of sp³-hybridized carbons (Fsp3) is 0.667. The van der Waals surface area contributed by atoms with Gasteiger partial charge in [0.1, 0.15) is 0 Å². The molecule has 0 heterocycles. The highest BCUT2D eigenvalue weighted by molar-refractivity contribution is 7.86. The van der Waals surface area contributed by atoms with E-state index < -0.39 is 22.0 Å². The second-order valence-corrected chi connectivity index (χ2v) is 3.74. The van der Waals surface area contributed by atoms with Gasteiger partial charge < -0.3 is 5.73 Å². The van der Waals surface area contributed by atoms with Gasteiger partial charge in [0, 0.05) is 6.04 Å². The molecule has 5 heteroatoms. The molecule has 1 atom stereocenters. The van der Waals surface area contributed by atoms with Crippen molar-refractivity contribution in [3.63, 3.8) is 0 Å². The third-order valence-corrected chi connectivity index (χ3v) is 1.98. The van der Waals surface area contributed by atoms with Crippen LogP contribution in [0, 0.1) is 0 Å². The monoisotopic (exact) mass is 181 g/mol. The molecule has 0 aliphatic rings. The summed E-state index contributed by atoms with van der Waals surface area (Å²) in [5, 5.41) is 0. The molecule has 0 aromatic rings. The molecule has 0 aromatic carbocycles. The van der Waals surface area contributed by atoms with Crippen LogP contribution in [0.5, 0.6) is 0 Å². The molecule has 0 radical (unpaired) electrons. The van der Waals surface area contributed by atoms with Gasteiger partial charge in [-0.2, -0.15) is 8.42 Å². The molecule has 0 fully saturated rings. The molecule has 11 heavy (non-hydrogen) atoms. The van der Waals surface area contributed by atoms with E-state index in [1.807, 2.05) is 0 Å². The first-order chi connectivity index (χ1) is 4.95. The number of hydrogen-bond donors (Lipinski definition) is 1. The molecule has 0 aromatic heterocycles. The number of allylic oxidation sites excluding steroid dienone is 1. The molecule has 1 unspecified atom stereocenters. The van der Waals surface area contributed by atoms with E-state index in [0.29, 0.717) is 12.8 Å². The van der Waals surface area contributed by atoms with E-state index in [1.165, 1.54) is 0 Å². The standard InChI is InChI=1S/C6H12FNO2S/c1-2-3-4-6(8)5-11(7,9)10/h2,6H,1,3-5,8H2. The maximum atomic E-state index is 11.9. The molecule has 3 nitrogen and oxygen atoms in total. The molecular weight excluding hydrogens is 169 g/mol. The predicted molar refractivity (Wildman–Crippen MR) is 42.3 cm³/mol. The van der Waals surface area contributed by atoms with E-state index in [-0.39, 0.29) is 0 Å². The van der Waals surface area contributed by atoms with E-state index in [1.54, 1.807) is 6.08 Å². The highest BCUT2D eigenvalue weighted by atomic mass is 32.3. The summed E-state index contributed by atoms with van der Waals surface area (Å²) < 4.78 is 32.0. The smallest absolute Gasteiger partial charge is 0.303 e. The Morgan fingerprint density at radius 1 is 1.64 bits per heavy atom. The fourth-order valence-electron chi connectivity index (χ4n) is 0.671. The quantitative estimate of drug-likeness (QED) is 0.498. The third-order valence-electron chi connectivity index (χ3n) is 1.15. The minimum atomic E-state index is -4.41. The number of hydrogen-bond acceptors (Lipinski definition) is 3. The van der Waals surface area contributed by atoms with Gasteiger partial charge in [0.15, 0.2) is 0 Å². The second kappa shape index (κ2) is 4.46. The highest BCUT2D eigenvalue weighted by Gasteiger charge is 2.13. The van der Waals surface area contributed by atoms with Crippen molar-refractivity contribution in [2.75, 3.05) is 5.75 Å². The van der Waals surface area contributed by atoms with E-state index in [2.05, 4.69) is 6.58 Å². The van der Waals surface area contributed by atoms with E-state index in [0.717, 1.165) is 0 Å². The molecule has 2 N–H and O–H groups in total. The van der Waals surface area contributed by atoms with Crippen LogP contribution in [0.25, 0.3) is 0 Å². The van der Waals surface area contributed by atoms with Gasteiger partial charge in [-0.05, 0) is 12.8 Å². The number of halogens is 1. The Morgan fingerprint density at radius 3 is 2.55 bits per heavy atom. The Balaban J connectivity index is 3.69. The van der Waals surface area contributed by atoms with E-state index in [4.69, 9.17) is 5.73 Å². The average molecular weight is 181 g/mol. The Morgan fingerprint density at radius 2 is 2.18 bits per heavy atom. The predicted octanol–water partition coefficient (Wildman–Crippen LogP) is 0.579. The first-order valence-electron chi connectivity index (χ1n) is 3.24. The first-order valence-corrected chi connectivity index (χ1v) is 4.80. The van der Waals surface area contributed by atoms with Crippen molar-refractivity contribution in [2.24, 2.45) is 5.73 Å². The van der Waals surface area contributed by atoms with Crippen LogP contribution in [0.15, 0.2) is 12.7 Å². The maximum Gasteiger partial charge on any atom is 0.303 e. The largest absolute Gasteiger partial charge is 0.327 e. The first kappa shape index (κ1) is 10.6. The van der Waals surface area contributed by atoms with Crippen molar-refractivity contribution in [1.29, 1.82) is 0 Å². The minimum Gasteiger partial charge on any atom is -0.327 e. The van der Waals surface area contributed by atoms with Gasteiger partial charge in [-0.25, -0.2) is 0 Å². The summed E-state index contributed by atoms with van der Waals surface area (Å²) in [6, 6.07) is -0.622. The Kier molecular flexibility index (Phi) is 4.29. The lowest BCUT2D eigenvalue weighted by Crippen LogP contribution is -2.27. The summed E-state index contributed by atoms with van der Waals surface area (Å²) in [6.07, 6.45) is 2.67. The number of rotatable bonds is 5. The summed E-state index contributed by atoms with van der Waals surface area (Å²) in [5.41, 5.74) is 5.28. The van der Waals surface area contributed by atoms with E-state index in [9.17, 15) is 12.3 Å². The fourth-order valence-corrected chi connectivity index (χ4v) is 1.35. The summed E-state index contributed by atoms with van der Waals surface area (Å²) in [6.45, 7) is 3.43. The van der Waals surface area contributed by atoms with Crippen molar-refractivity contribution < 1.29 is 12.3 Å². The van der Waals surface area contributed by atoms with Crippen LogP contribution in [0.3, 0.4) is 0 Å². The maximum absolute atomic E-state index is 11.9. The van der Waals surface area contributed by atoms with Crippen LogP contribution >= 0.6 is 0 Å². The summed E-state index contributed by atoms with van der Waals surface area (Å²) in [7, 11) is -4.41. The summed E-state index contributed by atoms with van der Waals surface area (Å²) in [4.78, 5) is 0. The van der Waals surface area contributed by atoms with Crippen LogP contribution in [-0.4, -0.2) is 20.2 Å². The molecule has 0 spiro atoms. The lowest BCUT2D eigenvalue weighted by Gasteiger charge is -2.05. The molecule has 0 aliphatic heterocycles. The normalized spacial score (nSPS) is 14.4. The van der Waals surface area contributed by atoms with E-state index >= 15 is 0 Å². The molecule has 0 amide bonds. The molecule has 66 valence electrons. The van der Waals surface area contributed by atoms with Crippen LogP contribution < -0.4 is 5.73 Å². The zero-order valence-electron chi connectivity index (χ0n) is 6.16. The summed E-state index contributed by atoms with van der Waals surface area (Å²) >= 11 is 0. The van der Waals surface area contributed by atoms with Crippen molar-refractivity contribution in [3.8, 4) is 0 Å². The molecule has 0 bridgehead atoms. The average Bonchev–Trinajstić information content (AvgIpc) is 1.79. The van der Waals surface area contributed by atoms with Crippen LogP contribution in [0.1, 0.15) is 12.8 Å². The topological polar surface area (TPSA) is 60.2 Å². The zero-order chi connectivity index (χ0) is 8.91. The SMILES string of the molecule is C=CCCC(N)CS(=O)(=O)F. The van der Waals surface area contributed by atoms with Crippen molar-refractivity contribution in [3.05, 3.63) is 12.7 Å². The Hall–Kier alpha value is -0.420. The molecule has 0 rings (SSSR count). The van der Waals surface area contributed by atoms with Crippen molar-refractivity contribution >= 4 is 10.2 Å². The lowest BCUT2D eigenvalue weighted by atomic mass is 10.2. The molecule has 0 aliphatic carbocycles. The third kappa shape index (κ3) is 7.48. The minimum absolute atomic E-state index is 0.451. The van der Waals surface area contributed by atoms with Crippen LogP contribution in [-0.2, 0) is 10.2 Å². The molecular formula is C6H12FNO2S. The Bertz CT molecular complexity index is 213. The molecule has 0 saturated heterocycles.